The first-order valence-electron chi connectivity index (χ1n) is 5.27. The highest BCUT2D eigenvalue weighted by atomic mass is 16.5. The van der Waals surface area contributed by atoms with Gasteiger partial charge in [-0.3, -0.25) is 0 Å². The summed E-state index contributed by atoms with van der Waals surface area (Å²) in [5, 5.41) is 8.41. The van der Waals surface area contributed by atoms with E-state index in [0.29, 0.717) is 26.3 Å². The minimum absolute atomic E-state index is 0.509. The minimum atomic E-state index is -0.849. The van der Waals surface area contributed by atoms with Gasteiger partial charge in [-0.2, -0.15) is 0 Å². The summed E-state index contributed by atoms with van der Waals surface area (Å²) in [6, 6.07) is 10.3. The molecule has 1 aromatic carbocycles. The number of carbonyl (C=O) groups is 1. The number of hydrogen-bond acceptors (Lipinski definition) is 2. The van der Waals surface area contributed by atoms with Crippen molar-refractivity contribution in [1.82, 2.24) is 4.90 Å². The standard InChI is InChI=1S/C7H8.C5H9NO3/c1-7-5-3-2-4-6-7;7-5(8)6-1-3-9-4-2-6/h2-6H,1H3;1-4H2,(H,7,8). The summed E-state index contributed by atoms with van der Waals surface area (Å²) in [5.74, 6) is 0. The van der Waals surface area contributed by atoms with Crippen LogP contribution in [0.1, 0.15) is 5.56 Å². The number of ether oxygens (including phenoxy) is 1. The van der Waals surface area contributed by atoms with Crippen molar-refractivity contribution in [3.63, 3.8) is 0 Å². The normalized spacial score (nSPS) is 14.9. The van der Waals surface area contributed by atoms with Gasteiger partial charge < -0.3 is 14.7 Å². The average molecular weight is 223 g/mol. The molecule has 2 rings (SSSR count). The van der Waals surface area contributed by atoms with E-state index in [4.69, 9.17) is 9.84 Å². The van der Waals surface area contributed by atoms with Crippen LogP contribution in [-0.4, -0.2) is 42.4 Å². The summed E-state index contributed by atoms with van der Waals surface area (Å²) in [5.41, 5.74) is 1.32. The van der Waals surface area contributed by atoms with Gasteiger partial charge in [-0.1, -0.05) is 35.9 Å². The zero-order chi connectivity index (χ0) is 11.8. The SMILES string of the molecule is Cc1ccccc1.O=C(O)N1CCOCC1. The molecule has 4 nitrogen and oxygen atoms in total. The maximum atomic E-state index is 10.2. The number of hydrogen-bond donors (Lipinski definition) is 1. The molecule has 0 saturated carbocycles. The van der Waals surface area contributed by atoms with Crippen molar-refractivity contribution in [2.75, 3.05) is 26.3 Å². The molecule has 1 amide bonds. The van der Waals surface area contributed by atoms with E-state index in [2.05, 4.69) is 19.1 Å². The van der Waals surface area contributed by atoms with Crippen LogP contribution in [0.15, 0.2) is 30.3 Å². The predicted octanol–water partition coefficient (Wildman–Crippen LogP) is 1.99. The van der Waals surface area contributed by atoms with Crippen LogP contribution < -0.4 is 0 Å². The largest absolute Gasteiger partial charge is 0.465 e. The molecule has 0 bridgehead atoms. The second kappa shape index (κ2) is 6.85. The smallest absolute Gasteiger partial charge is 0.407 e. The number of nitrogens with zero attached hydrogens (tertiary/aromatic N) is 1. The van der Waals surface area contributed by atoms with Gasteiger partial charge in [0.1, 0.15) is 0 Å². The molecule has 88 valence electrons. The van der Waals surface area contributed by atoms with E-state index in [1.54, 1.807) is 0 Å². The Kier molecular flexibility index (Phi) is 5.36. The summed E-state index contributed by atoms with van der Waals surface area (Å²) < 4.78 is 4.94. The fourth-order valence-corrected chi connectivity index (χ4v) is 1.29. The molecule has 1 aliphatic rings. The van der Waals surface area contributed by atoms with Gasteiger partial charge in [0.2, 0.25) is 0 Å². The molecule has 1 N–H and O–H groups in total. The third-order valence-corrected chi connectivity index (χ3v) is 2.22. The zero-order valence-corrected chi connectivity index (χ0v) is 9.43. The van der Waals surface area contributed by atoms with E-state index in [-0.39, 0.29) is 0 Å². The van der Waals surface area contributed by atoms with Gasteiger partial charge in [0.05, 0.1) is 13.2 Å². The molecule has 0 atom stereocenters. The highest BCUT2D eigenvalue weighted by Gasteiger charge is 2.14. The van der Waals surface area contributed by atoms with E-state index in [9.17, 15) is 4.79 Å². The quantitative estimate of drug-likeness (QED) is 0.731. The average Bonchev–Trinajstić information content (AvgIpc) is 2.32. The van der Waals surface area contributed by atoms with Crippen LogP contribution in [0, 0.1) is 6.92 Å². The van der Waals surface area contributed by atoms with Crippen LogP contribution in [0.2, 0.25) is 0 Å². The molecular formula is C12H17NO3. The lowest BCUT2D eigenvalue weighted by atomic mass is 10.2. The summed E-state index contributed by atoms with van der Waals surface area (Å²) in [6.07, 6.45) is -0.849. The zero-order valence-electron chi connectivity index (χ0n) is 9.43. The Hall–Kier alpha value is -1.55. The maximum Gasteiger partial charge on any atom is 0.407 e. The van der Waals surface area contributed by atoms with E-state index < -0.39 is 6.09 Å². The molecule has 0 aromatic heterocycles. The molecule has 16 heavy (non-hydrogen) atoms. The molecule has 1 aliphatic heterocycles. The Morgan fingerprint density at radius 2 is 1.81 bits per heavy atom. The molecule has 1 aromatic rings. The van der Waals surface area contributed by atoms with E-state index in [1.165, 1.54) is 10.5 Å². The van der Waals surface area contributed by atoms with E-state index in [1.807, 2.05) is 18.2 Å². The third kappa shape index (κ3) is 4.79. The Bertz CT molecular complexity index is 307. The third-order valence-electron chi connectivity index (χ3n) is 2.22. The van der Waals surface area contributed by atoms with Crippen LogP contribution in [0.4, 0.5) is 4.79 Å². The second-order valence-electron chi connectivity index (χ2n) is 3.54. The van der Waals surface area contributed by atoms with Crippen molar-refractivity contribution >= 4 is 6.09 Å². The molecule has 1 fully saturated rings. The molecule has 1 saturated heterocycles. The first kappa shape index (κ1) is 12.5. The first-order chi connectivity index (χ1) is 7.70. The predicted molar refractivity (Wildman–Crippen MR) is 61.6 cm³/mol. The Morgan fingerprint density at radius 3 is 2.12 bits per heavy atom. The molecule has 0 unspecified atom stereocenters. The highest BCUT2D eigenvalue weighted by molar-refractivity contribution is 5.64. The monoisotopic (exact) mass is 223 g/mol. The number of benzene rings is 1. The van der Waals surface area contributed by atoms with Crippen molar-refractivity contribution in [3.8, 4) is 0 Å². The number of aryl methyl sites for hydroxylation is 1. The van der Waals surface area contributed by atoms with Crippen molar-refractivity contribution < 1.29 is 14.6 Å². The van der Waals surface area contributed by atoms with Gasteiger partial charge in [0.25, 0.3) is 0 Å². The van der Waals surface area contributed by atoms with Gasteiger partial charge in [0, 0.05) is 13.1 Å². The Morgan fingerprint density at radius 1 is 1.25 bits per heavy atom. The Balaban J connectivity index is 0.000000165. The van der Waals surface area contributed by atoms with Crippen molar-refractivity contribution in [1.29, 1.82) is 0 Å². The van der Waals surface area contributed by atoms with Crippen LogP contribution >= 0.6 is 0 Å². The number of morpholine rings is 1. The van der Waals surface area contributed by atoms with Crippen LogP contribution in [-0.2, 0) is 4.74 Å². The molecule has 0 radical (unpaired) electrons. The van der Waals surface area contributed by atoms with Gasteiger partial charge in [0.15, 0.2) is 0 Å². The lowest BCUT2D eigenvalue weighted by Crippen LogP contribution is -2.39. The fourth-order valence-electron chi connectivity index (χ4n) is 1.29. The molecular weight excluding hydrogens is 206 g/mol. The van der Waals surface area contributed by atoms with E-state index in [0.717, 1.165) is 0 Å². The summed E-state index contributed by atoms with van der Waals surface area (Å²) >= 11 is 0. The summed E-state index contributed by atoms with van der Waals surface area (Å²) in [6.45, 7) is 4.17. The molecule has 0 spiro atoms. The fraction of sp³-hybridized carbons (Fsp3) is 0.417. The molecule has 1 heterocycles. The van der Waals surface area contributed by atoms with Crippen LogP contribution in [0.3, 0.4) is 0 Å². The number of rotatable bonds is 0. The van der Waals surface area contributed by atoms with Gasteiger partial charge >= 0.3 is 6.09 Å². The van der Waals surface area contributed by atoms with Gasteiger partial charge in [-0.25, -0.2) is 4.79 Å². The van der Waals surface area contributed by atoms with Crippen LogP contribution in [0.25, 0.3) is 0 Å². The number of carboxylic acid groups (broad SMARTS) is 1. The molecule has 4 heteroatoms. The van der Waals surface area contributed by atoms with Crippen molar-refractivity contribution in [2.24, 2.45) is 0 Å². The minimum Gasteiger partial charge on any atom is -0.465 e. The van der Waals surface area contributed by atoms with Crippen molar-refractivity contribution in [3.05, 3.63) is 35.9 Å². The Labute approximate surface area is 95.5 Å². The van der Waals surface area contributed by atoms with Crippen LogP contribution in [0.5, 0.6) is 0 Å². The van der Waals surface area contributed by atoms with E-state index >= 15 is 0 Å². The maximum absolute atomic E-state index is 10.2. The van der Waals surface area contributed by atoms with Crippen molar-refractivity contribution in [2.45, 2.75) is 6.92 Å². The first-order valence-corrected chi connectivity index (χ1v) is 5.27. The molecule has 0 aliphatic carbocycles. The van der Waals surface area contributed by atoms with Gasteiger partial charge in [-0.15, -0.1) is 0 Å². The lowest BCUT2D eigenvalue weighted by molar-refractivity contribution is 0.0392. The summed E-state index contributed by atoms with van der Waals surface area (Å²) in [7, 11) is 0. The van der Waals surface area contributed by atoms with Gasteiger partial charge in [-0.05, 0) is 6.92 Å². The number of amides is 1. The highest BCUT2D eigenvalue weighted by Crippen LogP contribution is 1.95. The second-order valence-corrected chi connectivity index (χ2v) is 3.54. The lowest BCUT2D eigenvalue weighted by Gasteiger charge is -2.23. The summed E-state index contributed by atoms with van der Waals surface area (Å²) in [4.78, 5) is 11.6. The topological polar surface area (TPSA) is 49.8 Å².